The van der Waals surface area contributed by atoms with Crippen LogP contribution < -0.4 is 5.73 Å². The van der Waals surface area contributed by atoms with Crippen LogP contribution in [0, 0.1) is 6.92 Å². The number of hydrogen-bond donors (Lipinski definition) is 1. The van der Waals surface area contributed by atoms with Crippen LogP contribution in [0.15, 0.2) is 24.3 Å². The second kappa shape index (κ2) is 4.57. The molecule has 0 amide bonds. The third kappa shape index (κ3) is 2.46. The minimum Gasteiger partial charge on any atom is -0.399 e. The van der Waals surface area contributed by atoms with Gasteiger partial charge < -0.3 is 10.3 Å². The Labute approximate surface area is 101 Å². The van der Waals surface area contributed by atoms with Crippen molar-refractivity contribution in [2.45, 2.75) is 26.2 Å². The zero-order valence-electron chi connectivity index (χ0n) is 10.5. The molecule has 90 valence electrons. The van der Waals surface area contributed by atoms with Gasteiger partial charge >= 0.3 is 0 Å². The summed E-state index contributed by atoms with van der Waals surface area (Å²) in [6.07, 6.45) is 0.951. The van der Waals surface area contributed by atoms with E-state index in [2.05, 4.69) is 29.3 Å². The SMILES string of the molecule is Cc1nnc(C(C)Cc2ccc(N)cc2)n1C. The maximum absolute atomic E-state index is 5.67. The van der Waals surface area contributed by atoms with Crippen LogP contribution in [0.5, 0.6) is 0 Å². The molecule has 1 unspecified atom stereocenters. The van der Waals surface area contributed by atoms with E-state index in [0.717, 1.165) is 23.8 Å². The molecule has 17 heavy (non-hydrogen) atoms. The average molecular weight is 230 g/mol. The number of nitrogen functional groups attached to an aromatic ring is 1. The molecule has 0 radical (unpaired) electrons. The number of anilines is 1. The highest BCUT2D eigenvalue weighted by Gasteiger charge is 2.13. The lowest BCUT2D eigenvalue weighted by Crippen LogP contribution is -2.07. The number of hydrogen-bond acceptors (Lipinski definition) is 3. The number of aromatic nitrogens is 3. The van der Waals surface area contributed by atoms with E-state index in [0.29, 0.717) is 5.92 Å². The molecule has 4 heteroatoms. The fraction of sp³-hybridized carbons (Fsp3) is 0.385. The summed E-state index contributed by atoms with van der Waals surface area (Å²) < 4.78 is 2.04. The molecule has 0 saturated carbocycles. The first-order chi connectivity index (χ1) is 8.08. The predicted octanol–water partition coefficient (Wildman–Crippen LogP) is 2.05. The standard InChI is InChI=1S/C13H18N4/c1-9(13-16-15-10(2)17(13)3)8-11-4-6-12(14)7-5-11/h4-7,9H,8,14H2,1-3H3. The van der Waals surface area contributed by atoms with E-state index in [4.69, 9.17) is 5.73 Å². The van der Waals surface area contributed by atoms with Gasteiger partial charge in [-0.15, -0.1) is 10.2 Å². The number of rotatable bonds is 3. The Balaban J connectivity index is 2.14. The van der Waals surface area contributed by atoms with E-state index in [1.807, 2.05) is 30.7 Å². The fourth-order valence-corrected chi connectivity index (χ4v) is 1.95. The van der Waals surface area contributed by atoms with Crippen molar-refractivity contribution in [3.05, 3.63) is 41.5 Å². The lowest BCUT2D eigenvalue weighted by molar-refractivity contribution is 0.650. The Hall–Kier alpha value is -1.84. The smallest absolute Gasteiger partial charge is 0.135 e. The first-order valence-electron chi connectivity index (χ1n) is 5.78. The van der Waals surface area contributed by atoms with Crippen molar-refractivity contribution in [1.82, 2.24) is 14.8 Å². The highest BCUT2D eigenvalue weighted by molar-refractivity contribution is 5.39. The summed E-state index contributed by atoms with van der Waals surface area (Å²) in [6.45, 7) is 4.13. The zero-order valence-corrected chi connectivity index (χ0v) is 10.5. The van der Waals surface area contributed by atoms with Gasteiger partial charge in [0.2, 0.25) is 0 Å². The number of aryl methyl sites for hydroxylation is 1. The molecule has 0 bridgehead atoms. The second-order valence-electron chi connectivity index (χ2n) is 4.51. The van der Waals surface area contributed by atoms with Crippen molar-refractivity contribution in [2.75, 3.05) is 5.73 Å². The number of nitrogens with two attached hydrogens (primary N) is 1. The van der Waals surface area contributed by atoms with Crippen LogP contribution >= 0.6 is 0 Å². The van der Waals surface area contributed by atoms with Crippen molar-refractivity contribution in [1.29, 1.82) is 0 Å². The van der Waals surface area contributed by atoms with Crippen LogP contribution in [0.25, 0.3) is 0 Å². The van der Waals surface area contributed by atoms with Gasteiger partial charge in [-0.1, -0.05) is 19.1 Å². The van der Waals surface area contributed by atoms with E-state index in [-0.39, 0.29) is 0 Å². The van der Waals surface area contributed by atoms with Crippen LogP contribution in [-0.2, 0) is 13.5 Å². The molecule has 1 aromatic carbocycles. The molecule has 2 N–H and O–H groups in total. The lowest BCUT2D eigenvalue weighted by atomic mass is 10.0. The first kappa shape index (κ1) is 11.6. The molecule has 1 heterocycles. The molecule has 0 aliphatic carbocycles. The van der Waals surface area contributed by atoms with Crippen LogP contribution in [0.1, 0.15) is 30.1 Å². The summed E-state index contributed by atoms with van der Waals surface area (Å²) in [5.41, 5.74) is 7.74. The second-order valence-corrected chi connectivity index (χ2v) is 4.51. The Morgan fingerprint density at radius 1 is 1.24 bits per heavy atom. The normalized spacial score (nSPS) is 12.6. The molecule has 1 aromatic heterocycles. The van der Waals surface area contributed by atoms with Crippen molar-refractivity contribution < 1.29 is 0 Å². The summed E-state index contributed by atoms with van der Waals surface area (Å²) in [4.78, 5) is 0. The topological polar surface area (TPSA) is 56.7 Å². The molecule has 2 aromatic rings. The predicted molar refractivity (Wildman–Crippen MR) is 68.7 cm³/mol. The maximum atomic E-state index is 5.67. The molecule has 2 rings (SSSR count). The van der Waals surface area contributed by atoms with E-state index >= 15 is 0 Å². The molecule has 0 aliphatic heterocycles. The Morgan fingerprint density at radius 2 is 1.88 bits per heavy atom. The first-order valence-corrected chi connectivity index (χ1v) is 5.78. The molecule has 4 nitrogen and oxygen atoms in total. The third-order valence-electron chi connectivity index (χ3n) is 3.09. The van der Waals surface area contributed by atoms with Gasteiger partial charge in [0.1, 0.15) is 11.6 Å². The van der Waals surface area contributed by atoms with Crippen molar-refractivity contribution >= 4 is 5.69 Å². The minimum atomic E-state index is 0.352. The van der Waals surface area contributed by atoms with Crippen molar-refractivity contribution in [2.24, 2.45) is 7.05 Å². The van der Waals surface area contributed by atoms with Crippen LogP contribution in [0.4, 0.5) is 5.69 Å². The monoisotopic (exact) mass is 230 g/mol. The Morgan fingerprint density at radius 3 is 2.41 bits per heavy atom. The highest BCUT2D eigenvalue weighted by atomic mass is 15.3. The quantitative estimate of drug-likeness (QED) is 0.821. The third-order valence-corrected chi connectivity index (χ3v) is 3.09. The molecule has 0 fully saturated rings. The highest BCUT2D eigenvalue weighted by Crippen LogP contribution is 2.19. The molecule has 1 atom stereocenters. The van der Waals surface area contributed by atoms with E-state index in [1.54, 1.807) is 0 Å². The molecule has 0 spiro atoms. The maximum Gasteiger partial charge on any atom is 0.135 e. The van der Waals surface area contributed by atoms with Gasteiger partial charge in [-0.2, -0.15) is 0 Å². The molecular weight excluding hydrogens is 212 g/mol. The molecule has 0 saturated heterocycles. The van der Waals surface area contributed by atoms with Crippen molar-refractivity contribution in [3.63, 3.8) is 0 Å². The van der Waals surface area contributed by atoms with E-state index in [9.17, 15) is 0 Å². The van der Waals surface area contributed by atoms with Gasteiger partial charge in [-0.05, 0) is 31.0 Å². The average Bonchev–Trinajstić information content (AvgIpc) is 2.63. The summed E-state index contributed by atoms with van der Waals surface area (Å²) in [5, 5.41) is 8.30. The molecule has 0 aliphatic rings. The van der Waals surface area contributed by atoms with Gasteiger partial charge in [-0.3, -0.25) is 0 Å². The van der Waals surface area contributed by atoms with Crippen LogP contribution in [-0.4, -0.2) is 14.8 Å². The largest absolute Gasteiger partial charge is 0.399 e. The van der Waals surface area contributed by atoms with Crippen LogP contribution in [0.2, 0.25) is 0 Å². The number of nitrogens with zero attached hydrogens (tertiary/aromatic N) is 3. The fourth-order valence-electron chi connectivity index (χ4n) is 1.95. The molecular formula is C13H18N4. The zero-order chi connectivity index (χ0) is 12.4. The van der Waals surface area contributed by atoms with Gasteiger partial charge in [0, 0.05) is 18.7 Å². The van der Waals surface area contributed by atoms with Crippen molar-refractivity contribution in [3.8, 4) is 0 Å². The minimum absolute atomic E-state index is 0.352. The summed E-state index contributed by atoms with van der Waals surface area (Å²) in [7, 11) is 2.00. The number of benzene rings is 1. The van der Waals surface area contributed by atoms with E-state index in [1.165, 1.54) is 5.56 Å². The van der Waals surface area contributed by atoms with Gasteiger partial charge in [0.15, 0.2) is 0 Å². The lowest BCUT2D eigenvalue weighted by Gasteiger charge is -2.11. The van der Waals surface area contributed by atoms with Gasteiger partial charge in [0.25, 0.3) is 0 Å². The summed E-state index contributed by atoms with van der Waals surface area (Å²) in [5.74, 6) is 2.33. The van der Waals surface area contributed by atoms with Crippen LogP contribution in [0.3, 0.4) is 0 Å². The van der Waals surface area contributed by atoms with Gasteiger partial charge in [0.05, 0.1) is 0 Å². The van der Waals surface area contributed by atoms with E-state index < -0.39 is 0 Å². The summed E-state index contributed by atoms with van der Waals surface area (Å²) in [6, 6.07) is 8.00. The Bertz CT molecular complexity index is 499. The van der Waals surface area contributed by atoms with Gasteiger partial charge in [-0.25, -0.2) is 0 Å². The Kier molecular flexibility index (Phi) is 3.13. The summed E-state index contributed by atoms with van der Waals surface area (Å²) >= 11 is 0.